The van der Waals surface area contributed by atoms with Crippen LogP contribution in [0.15, 0.2) is 41.2 Å². The Balaban J connectivity index is 1.89. The van der Waals surface area contributed by atoms with Crippen LogP contribution in [0.25, 0.3) is 0 Å². The molecule has 2 aromatic rings. The summed E-state index contributed by atoms with van der Waals surface area (Å²) in [6.45, 7) is 5.89. The molecule has 0 fully saturated rings. The lowest BCUT2D eigenvalue weighted by Gasteiger charge is -2.17. The van der Waals surface area contributed by atoms with Crippen LogP contribution >= 0.6 is 0 Å². The van der Waals surface area contributed by atoms with Crippen LogP contribution in [0.1, 0.15) is 40.0 Å². The maximum Gasteiger partial charge on any atom is 0.254 e. The lowest BCUT2D eigenvalue weighted by Crippen LogP contribution is -2.38. The molecule has 1 unspecified atom stereocenters. The molecule has 0 radical (unpaired) electrons. The van der Waals surface area contributed by atoms with E-state index in [2.05, 4.69) is 16.7 Å². The fraction of sp³-hybridized carbons (Fsp3) is 0.294. The van der Waals surface area contributed by atoms with Crippen molar-refractivity contribution in [2.75, 3.05) is 6.54 Å². The predicted octanol–water partition coefficient (Wildman–Crippen LogP) is 2.50. The van der Waals surface area contributed by atoms with E-state index < -0.39 is 0 Å². The Kier molecular flexibility index (Phi) is 4.99. The Bertz CT molecular complexity index is 663. The molecule has 1 aromatic heterocycles. The lowest BCUT2D eigenvalue weighted by molar-refractivity contribution is -0.120. The number of hydrogen-bond acceptors (Lipinski definition) is 3. The highest BCUT2D eigenvalue weighted by atomic mass is 16.3. The zero-order chi connectivity index (χ0) is 16.1. The molecule has 5 nitrogen and oxygen atoms in total. The Hall–Kier alpha value is -2.56. The van der Waals surface area contributed by atoms with Gasteiger partial charge in [-0.15, -0.1) is 0 Å². The van der Waals surface area contributed by atoms with Crippen LogP contribution in [-0.2, 0) is 4.79 Å². The third-order valence-corrected chi connectivity index (χ3v) is 3.47. The molecule has 0 aliphatic rings. The van der Waals surface area contributed by atoms with Crippen molar-refractivity contribution in [2.45, 2.75) is 26.8 Å². The number of carbonyl (C=O) groups is 2. The molecule has 2 rings (SSSR count). The SMILES string of the molecule is Cc1ccc(C)c(C(C)NC(=O)CNC(=O)c2ccoc2)c1. The first kappa shape index (κ1) is 15.8. The van der Waals surface area contributed by atoms with E-state index in [1.54, 1.807) is 6.07 Å². The molecule has 0 aliphatic heterocycles. The van der Waals surface area contributed by atoms with E-state index in [0.29, 0.717) is 5.56 Å². The first-order valence-corrected chi connectivity index (χ1v) is 7.14. The second kappa shape index (κ2) is 6.93. The molecule has 5 heteroatoms. The number of rotatable bonds is 5. The van der Waals surface area contributed by atoms with Crippen LogP contribution in [0.2, 0.25) is 0 Å². The maximum atomic E-state index is 11.9. The first-order chi connectivity index (χ1) is 10.5. The minimum atomic E-state index is -0.330. The number of benzene rings is 1. The summed E-state index contributed by atoms with van der Waals surface area (Å²) in [6.07, 6.45) is 2.75. The Morgan fingerprint density at radius 2 is 2.00 bits per heavy atom. The van der Waals surface area contributed by atoms with Crippen LogP contribution < -0.4 is 10.6 Å². The minimum Gasteiger partial charge on any atom is -0.472 e. The normalized spacial score (nSPS) is 11.8. The van der Waals surface area contributed by atoms with Crippen molar-refractivity contribution in [3.05, 3.63) is 59.0 Å². The molecule has 2 N–H and O–H groups in total. The number of furan rings is 1. The number of aryl methyl sites for hydroxylation is 2. The van der Waals surface area contributed by atoms with Crippen LogP contribution in [0.3, 0.4) is 0 Å². The number of nitrogens with one attached hydrogen (secondary N) is 2. The van der Waals surface area contributed by atoms with Gasteiger partial charge in [0.25, 0.3) is 5.91 Å². The van der Waals surface area contributed by atoms with Gasteiger partial charge in [0, 0.05) is 0 Å². The summed E-state index contributed by atoms with van der Waals surface area (Å²) < 4.78 is 4.83. The van der Waals surface area contributed by atoms with E-state index in [1.807, 2.05) is 32.9 Å². The highest BCUT2D eigenvalue weighted by Crippen LogP contribution is 2.18. The quantitative estimate of drug-likeness (QED) is 0.891. The van der Waals surface area contributed by atoms with Crippen LogP contribution in [0, 0.1) is 13.8 Å². The molecule has 1 aromatic carbocycles. The van der Waals surface area contributed by atoms with Gasteiger partial charge in [0.1, 0.15) is 6.26 Å². The van der Waals surface area contributed by atoms with Gasteiger partial charge in [0.05, 0.1) is 24.4 Å². The summed E-state index contributed by atoms with van der Waals surface area (Å²) >= 11 is 0. The molecule has 0 saturated carbocycles. The van der Waals surface area contributed by atoms with Gasteiger partial charge in [-0.05, 0) is 38.0 Å². The van der Waals surface area contributed by atoms with Crippen molar-refractivity contribution < 1.29 is 14.0 Å². The van der Waals surface area contributed by atoms with Gasteiger partial charge in [-0.3, -0.25) is 9.59 Å². The van der Waals surface area contributed by atoms with E-state index in [9.17, 15) is 9.59 Å². The second-order valence-electron chi connectivity index (χ2n) is 5.34. The topological polar surface area (TPSA) is 71.3 Å². The van der Waals surface area contributed by atoms with Crippen molar-refractivity contribution in [1.82, 2.24) is 10.6 Å². The van der Waals surface area contributed by atoms with Crippen molar-refractivity contribution >= 4 is 11.8 Å². The zero-order valence-electron chi connectivity index (χ0n) is 13.0. The van der Waals surface area contributed by atoms with Gasteiger partial charge in [0.15, 0.2) is 0 Å². The molecule has 2 amide bonds. The van der Waals surface area contributed by atoms with Gasteiger partial charge in [-0.25, -0.2) is 0 Å². The van der Waals surface area contributed by atoms with Gasteiger partial charge < -0.3 is 15.1 Å². The van der Waals surface area contributed by atoms with E-state index >= 15 is 0 Å². The molecule has 0 aliphatic carbocycles. The highest BCUT2D eigenvalue weighted by Gasteiger charge is 2.13. The molecule has 0 bridgehead atoms. The summed E-state index contributed by atoms with van der Waals surface area (Å²) in [7, 11) is 0. The fourth-order valence-electron chi connectivity index (χ4n) is 2.25. The number of carbonyl (C=O) groups excluding carboxylic acids is 2. The molecule has 22 heavy (non-hydrogen) atoms. The van der Waals surface area contributed by atoms with E-state index in [0.717, 1.165) is 16.7 Å². The van der Waals surface area contributed by atoms with Crippen LogP contribution in [0.4, 0.5) is 0 Å². The molecular weight excluding hydrogens is 280 g/mol. The van der Waals surface area contributed by atoms with Crippen molar-refractivity contribution in [3.63, 3.8) is 0 Å². The number of amides is 2. The van der Waals surface area contributed by atoms with E-state index in [4.69, 9.17) is 4.42 Å². The monoisotopic (exact) mass is 300 g/mol. The highest BCUT2D eigenvalue weighted by molar-refractivity contribution is 5.96. The standard InChI is InChI=1S/C17H20N2O3/c1-11-4-5-12(2)15(8-11)13(3)19-16(20)9-18-17(21)14-6-7-22-10-14/h4-8,10,13H,9H2,1-3H3,(H,18,21)(H,19,20). The summed E-state index contributed by atoms with van der Waals surface area (Å²) in [5.41, 5.74) is 3.75. The van der Waals surface area contributed by atoms with Gasteiger partial charge in [0.2, 0.25) is 5.91 Å². The summed E-state index contributed by atoms with van der Waals surface area (Å²) in [5, 5.41) is 5.44. The van der Waals surface area contributed by atoms with Gasteiger partial charge >= 0.3 is 0 Å². The summed E-state index contributed by atoms with van der Waals surface area (Å²) in [5.74, 6) is -0.562. The Morgan fingerprint density at radius 3 is 2.68 bits per heavy atom. The third-order valence-electron chi connectivity index (χ3n) is 3.47. The minimum absolute atomic E-state index is 0.0702. The summed E-state index contributed by atoms with van der Waals surface area (Å²) in [4.78, 5) is 23.7. The molecule has 0 saturated heterocycles. The van der Waals surface area contributed by atoms with Crippen molar-refractivity contribution in [3.8, 4) is 0 Å². The smallest absolute Gasteiger partial charge is 0.254 e. The molecular formula is C17H20N2O3. The molecule has 1 heterocycles. The van der Waals surface area contributed by atoms with Crippen LogP contribution in [0.5, 0.6) is 0 Å². The summed E-state index contributed by atoms with van der Waals surface area (Å²) in [6, 6.07) is 7.57. The number of hydrogen-bond donors (Lipinski definition) is 2. The second-order valence-corrected chi connectivity index (χ2v) is 5.34. The van der Waals surface area contributed by atoms with E-state index in [-0.39, 0.29) is 24.4 Å². The van der Waals surface area contributed by atoms with Gasteiger partial charge in [-0.2, -0.15) is 0 Å². The lowest BCUT2D eigenvalue weighted by atomic mass is 10.00. The van der Waals surface area contributed by atoms with Crippen LogP contribution in [-0.4, -0.2) is 18.4 Å². The average Bonchev–Trinajstić information content (AvgIpc) is 3.01. The Labute approximate surface area is 129 Å². The van der Waals surface area contributed by atoms with Crippen molar-refractivity contribution in [2.24, 2.45) is 0 Å². The van der Waals surface area contributed by atoms with Crippen molar-refractivity contribution in [1.29, 1.82) is 0 Å². The Morgan fingerprint density at radius 1 is 1.23 bits per heavy atom. The van der Waals surface area contributed by atoms with Gasteiger partial charge in [-0.1, -0.05) is 23.8 Å². The maximum absolute atomic E-state index is 11.9. The fourth-order valence-corrected chi connectivity index (χ4v) is 2.25. The average molecular weight is 300 g/mol. The third kappa shape index (κ3) is 3.97. The van der Waals surface area contributed by atoms with E-state index in [1.165, 1.54) is 12.5 Å². The zero-order valence-corrected chi connectivity index (χ0v) is 13.0. The molecule has 116 valence electrons. The largest absolute Gasteiger partial charge is 0.472 e. The predicted molar refractivity (Wildman–Crippen MR) is 83.5 cm³/mol. The molecule has 1 atom stereocenters. The first-order valence-electron chi connectivity index (χ1n) is 7.14. The molecule has 0 spiro atoms.